The standard InChI is InChI=1S/C24H23N.C21H25NO.C20H23N.C18H19N/c1-3-4-5-6-19-7-9-20(10-8-19)21-11-13-22(14-12-21)23-15-17-24(25-2)18-16-23;1-3-4-5-6-7-8-17-23-21-15-11-19(12-16-21)18-9-13-20(22-2)14-10-18;1-3-4-5-6-7-8-17-9-11-18(12-10-17)19-13-15-20(21-2)16-14-19;1-3-4-5-6-15-7-9-16(10-8-15)17-11-13-18(19-2)14-12-17/h7-18H,3-6H2,1H3;9-16H,3-8,17H2,1H3;9-16H,3-8H2,1H3;7-14H,3-6H2,1H3. The average Bonchev–Trinajstić information content (AvgIpc) is 3.78. The average molecular weight is 1160 g/mol. The Morgan fingerprint density at radius 3 is 0.682 bits per heavy atom. The predicted octanol–water partition coefficient (Wildman–Crippen LogP) is 26.0. The molecule has 5 nitrogen and oxygen atoms in total. The van der Waals surface area contributed by atoms with Crippen LogP contribution in [0, 0.1) is 26.3 Å². The fourth-order valence-electron chi connectivity index (χ4n) is 10.3. The zero-order chi connectivity index (χ0) is 62.2. The van der Waals surface area contributed by atoms with Gasteiger partial charge in [-0.05, 0) is 129 Å². The van der Waals surface area contributed by atoms with Gasteiger partial charge in [0.1, 0.15) is 5.75 Å². The molecule has 88 heavy (non-hydrogen) atoms. The van der Waals surface area contributed by atoms with Crippen LogP contribution in [0.15, 0.2) is 218 Å². The lowest BCUT2D eigenvalue weighted by atomic mass is 9.98. The Labute approximate surface area is 529 Å². The quantitative estimate of drug-likeness (QED) is 0.0372. The summed E-state index contributed by atoms with van der Waals surface area (Å²) < 4.78 is 5.80. The molecule has 0 aliphatic carbocycles. The Kier molecular flexibility index (Phi) is 31.0. The Morgan fingerprint density at radius 1 is 0.227 bits per heavy atom. The fraction of sp³-hybridized carbons (Fsp3) is 0.301. The molecule has 0 spiro atoms. The molecule has 0 saturated carbocycles. The minimum absolute atomic E-state index is 0.674. The molecule has 0 atom stereocenters. The third kappa shape index (κ3) is 24.2. The van der Waals surface area contributed by atoms with Crippen LogP contribution < -0.4 is 4.74 Å². The van der Waals surface area contributed by atoms with Crippen LogP contribution in [0.3, 0.4) is 0 Å². The monoisotopic (exact) mass is 1160 g/mol. The molecule has 448 valence electrons. The van der Waals surface area contributed by atoms with Gasteiger partial charge < -0.3 is 4.74 Å². The molecule has 0 N–H and O–H groups in total. The smallest absolute Gasteiger partial charge is 0.187 e. The molecule has 9 aromatic rings. The molecular formula is C83H90N4O. The second kappa shape index (κ2) is 40.2. The molecule has 0 bridgehead atoms. The zero-order valence-electron chi connectivity index (χ0n) is 52.8. The number of ether oxygens (including phenoxy) is 1. The van der Waals surface area contributed by atoms with E-state index in [0.717, 1.165) is 35.5 Å². The molecule has 0 fully saturated rings. The molecule has 9 rings (SSSR count). The van der Waals surface area contributed by atoms with Gasteiger partial charge in [-0.3, -0.25) is 0 Å². The Bertz CT molecular complexity index is 3520. The van der Waals surface area contributed by atoms with E-state index in [1.165, 1.54) is 178 Å². The molecular weight excluding hydrogens is 1070 g/mol. The number of hydrogen-bond acceptors (Lipinski definition) is 1. The number of unbranched alkanes of at least 4 members (excludes halogenated alkanes) is 13. The van der Waals surface area contributed by atoms with Gasteiger partial charge in [0.05, 0.1) is 32.9 Å². The van der Waals surface area contributed by atoms with Crippen LogP contribution in [0.1, 0.15) is 154 Å². The second-order valence-electron chi connectivity index (χ2n) is 22.5. The van der Waals surface area contributed by atoms with Gasteiger partial charge in [0.2, 0.25) is 0 Å². The lowest BCUT2D eigenvalue weighted by Gasteiger charge is -2.07. The zero-order valence-corrected chi connectivity index (χ0v) is 52.8. The maximum Gasteiger partial charge on any atom is 0.187 e. The van der Waals surface area contributed by atoms with Crippen LogP contribution >= 0.6 is 0 Å². The molecule has 0 unspecified atom stereocenters. The minimum Gasteiger partial charge on any atom is -0.494 e. The molecule has 0 heterocycles. The highest BCUT2D eigenvalue weighted by Gasteiger charge is 2.05. The van der Waals surface area contributed by atoms with Crippen molar-refractivity contribution in [1.29, 1.82) is 0 Å². The Hall–Kier alpha value is -9.26. The lowest BCUT2D eigenvalue weighted by Crippen LogP contribution is -1.97. The summed E-state index contributed by atoms with van der Waals surface area (Å²) in [4.78, 5) is 13.7. The number of benzene rings is 9. The van der Waals surface area contributed by atoms with E-state index >= 15 is 0 Å². The highest BCUT2D eigenvalue weighted by atomic mass is 16.5. The van der Waals surface area contributed by atoms with Crippen LogP contribution in [0.2, 0.25) is 0 Å². The van der Waals surface area contributed by atoms with Gasteiger partial charge in [0.25, 0.3) is 0 Å². The summed E-state index contributed by atoms with van der Waals surface area (Å²) in [5, 5.41) is 0. The Balaban J connectivity index is 0.000000188. The van der Waals surface area contributed by atoms with Crippen molar-refractivity contribution >= 4 is 22.7 Å². The van der Waals surface area contributed by atoms with Crippen LogP contribution in [-0.2, 0) is 19.3 Å². The van der Waals surface area contributed by atoms with Gasteiger partial charge in [0.15, 0.2) is 22.7 Å². The van der Waals surface area contributed by atoms with Crippen molar-refractivity contribution in [1.82, 2.24) is 0 Å². The Morgan fingerprint density at radius 2 is 0.420 bits per heavy atom. The normalized spacial score (nSPS) is 10.3. The molecule has 0 aromatic heterocycles. The van der Waals surface area contributed by atoms with Crippen molar-refractivity contribution in [2.24, 2.45) is 0 Å². The minimum atomic E-state index is 0.674. The van der Waals surface area contributed by atoms with Crippen LogP contribution in [0.4, 0.5) is 22.7 Å². The SMILES string of the molecule is [C-]#[N+]c1ccc(-c2ccc(-c3ccc(CCCCC)cc3)cc2)cc1.[C-]#[N+]c1ccc(-c2ccc(CCCCC)cc2)cc1.[C-]#[N+]c1ccc(-c2ccc(CCCCCCC)cc2)cc1.[C-]#[N+]c1ccc(-c2ccc(OCCCCCCCC)cc2)cc1. The van der Waals surface area contributed by atoms with E-state index < -0.39 is 0 Å². The van der Waals surface area contributed by atoms with E-state index in [-0.39, 0.29) is 0 Å². The summed E-state index contributed by atoms with van der Waals surface area (Å²) in [7, 11) is 0. The van der Waals surface area contributed by atoms with Crippen LogP contribution in [0.25, 0.3) is 75.0 Å². The van der Waals surface area contributed by atoms with Gasteiger partial charge in [-0.2, -0.15) is 0 Å². The largest absolute Gasteiger partial charge is 0.494 e. The van der Waals surface area contributed by atoms with Crippen LogP contribution in [0.5, 0.6) is 5.75 Å². The van der Waals surface area contributed by atoms with E-state index in [4.69, 9.17) is 31.0 Å². The summed E-state index contributed by atoms with van der Waals surface area (Å²) in [5.74, 6) is 0.931. The van der Waals surface area contributed by atoms with Crippen molar-refractivity contribution in [3.8, 4) is 61.4 Å². The third-order valence-corrected chi connectivity index (χ3v) is 15.7. The first-order valence-corrected chi connectivity index (χ1v) is 32.3. The van der Waals surface area contributed by atoms with Gasteiger partial charge in [-0.15, -0.1) is 0 Å². The van der Waals surface area contributed by atoms with E-state index in [1.807, 2.05) is 109 Å². The van der Waals surface area contributed by atoms with E-state index in [2.05, 4.69) is 156 Å². The maximum absolute atomic E-state index is 7.03. The van der Waals surface area contributed by atoms with E-state index in [0.29, 0.717) is 22.7 Å². The first-order valence-electron chi connectivity index (χ1n) is 32.3. The summed E-state index contributed by atoms with van der Waals surface area (Å²) in [6.45, 7) is 37.7. The summed E-state index contributed by atoms with van der Waals surface area (Å²) in [6, 6.07) is 74.4. The van der Waals surface area contributed by atoms with Crippen molar-refractivity contribution in [2.45, 2.75) is 156 Å². The molecule has 0 saturated heterocycles. The summed E-state index contributed by atoms with van der Waals surface area (Å²) >= 11 is 0. The number of nitrogens with zero attached hydrogens (tertiary/aromatic N) is 4. The summed E-state index contributed by atoms with van der Waals surface area (Å²) in [6.07, 6.45) is 25.6. The van der Waals surface area contributed by atoms with E-state index in [1.54, 1.807) is 0 Å². The van der Waals surface area contributed by atoms with Gasteiger partial charge >= 0.3 is 0 Å². The third-order valence-electron chi connectivity index (χ3n) is 15.7. The van der Waals surface area contributed by atoms with Crippen molar-refractivity contribution in [3.63, 3.8) is 0 Å². The van der Waals surface area contributed by atoms with Crippen molar-refractivity contribution < 1.29 is 4.74 Å². The predicted molar refractivity (Wildman–Crippen MR) is 376 cm³/mol. The molecule has 9 aromatic carbocycles. The first kappa shape index (κ1) is 67.9. The van der Waals surface area contributed by atoms with Crippen molar-refractivity contribution in [3.05, 3.63) is 281 Å². The van der Waals surface area contributed by atoms with Gasteiger partial charge in [0, 0.05) is 0 Å². The highest BCUT2D eigenvalue weighted by molar-refractivity contribution is 5.72. The van der Waals surface area contributed by atoms with Gasteiger partial charge in [-0.1, -0.05) is 317 Å². The van der Waals surface area contributed by atoms with Crippen LogP contribution in [-0.4, -0.2) is 6.61 Å². The highest BCUT2D eigenvalue weighted by Crippen LogP contribution is 2.30. The van der Waals surface area contributed by atoms with Gasteiger partial charge in [-0.25, -0.2) is 19.4 Å². The molecule has 0 aliphatic rings. The molecule has 0 radical (unpaired) electrons. The maximum atomic E-state index is 7.03. The van der Waals surface area contributed by atoms with E-state index in [9.17, 15) is 0 Å². The second-order valence-corrected chi connectivity index (χ2v) is 22.5. The topological polar surface area (TPSA) is 26.7 Å². The molecule has 5 heteroatoms. The molecule has 0 amide bonds. The number of rotatable bonds is 27. The van der Waals surface area contributed by atoms with Crippen molar-refractivity contribution in [2.75, 3.05) is 6.61 Å². The number of hydrogen-bond donors (Lipinski definition) is 0. The number of aryl methyl sites for hydroxylation is 3. The summed E-state index contributed by atoms with van der Waals surface area (Å²) in [5.41, 5.74) is 18.9. The molecule has 0 aliphatic heterocycles. The first-order chi connectivity index (χ1) is 43.3. The lowest BCUT2D eigenvalue weighted by molar-refractivity contribution is 0.304. The fourth-order valence-corrected chi connectivity index (χ4v) is 10.3.